The molecule has 2 aromatic rings. The minimum atomic E-state index is -3.72. The molecule has 1 amide bonds. The number of nitrogens with one attached hydrogen (secondary N) is 1. The average molecular weight is 361 g/mol. The topological polar surface area (TPSA) is 88.1 Å². The van der Waals surface area contributed by atoms with E-state index in [1.165, 1.54) is 25.4 Å². The number of likely N-dealkylation sites (N-methyl/N-ethyl adjacent to an activating group) is 1. The standard InChI is InChI=1S/C17H19N3O4S/c1-20(25(22,23)16-9-4-3-5-10-16)13-17(21)19-18-12-14-7-6-8-15(11-14)24-2/h3-12H,13H2,1-2H3,(H,19,21). The minimum absolute atomic E-state index is 0.130. The third-order valence-corrected chi connectivity index (χ3v) is 5.13. The maximum absolute atomic E-state index is 12.3. The zero-order valence-electron chi connectivity index (χ0n) is 13.9. The first-order chi connectivity index (χ1) is 11.9. The first kappa shape index (κ1) is 18.6. The van der Waals surface area contributed by atoms with Crippen LogP contribution in [0.25, 0.3) is 0 Å². The van der Waals surface area contributed by atoms with Crippen molar-refractivity contribution in [3.63, 3.8) is 0 Å². The molecule has 0 aliphatic heterocycles. The molecule has 1 N–H and O–H groups in total. The largest absolute Gasteiger partial charge is 0.497 e. The SMILES string of the molecule is COc1cccc(C=NNC(=O)CN(C)S(=O)(=O)c2ccccc2)c1. The summed E-state index contributed by atoms with van der Waals surface area (Å²) in [6, 6.07) is 15.1. The van der Waals surface area contributed by atoms with Crippen molar-refractivity contribution in [2.75, 3.05) is 20.7 Å². The number of carbonyl (C=O) groups excluding carboxylic acids is 1. The Labute approximate surface area is 147 Å². The van der Waals surface area contributed by atoms with E-state index in [1.54, 1.807) is 49.6 Å². The Balaban J connectivity index is 1.94. The number of nitrogens with zero attached hydrogens (tertiary/aromatic N) is 2. The summed E-state index contributed by atoms with van der Waals surface area (Å²) in [6.45, 7) is -0.341. The third kappa shape index (κ3) is 5.13. The lowest BCUT2D eigenvalue weighted by Gasteiger charge is -2.15. The van der Waals surface area contributed by atoms with Gasteiger partial charge in [-0.25, -0.2) is 13.8 Å². The molecule has 0 fully saturated rings. The summed E-state index contributed by atoms with van der Waals surface area (Å²) in [7, 11) is -0.819. The van der Waals surface area contributed by atoms with Gasteiger partial charge in [-0.3, -0.25) is 4.79 Å². The van der Waals surface area contributed by atoms with E-state index in [0.717, 1.165) is 9.87 Å². The highest BCUT2D eigenvalue weighted by molar-refractivity contribution is 7.89. The van der Waals surface area contributed by atoms with Crippen molar-refractivity contribution in [2.24, 2.45) is 5.10 Å². The average Bonchev–Trinajstić information content (AvgIpc) is 2.62. The molecule has 2 aromatic carbocycles. The molecule has 0 bridgehead atoms. The molecular formula is C17H19N3O4S. The molecule has 0 radical (unpaired) electrons. The van der Waals surface area contributed by atoms with E-state index in [-0.39, 0.29) is 11.4 Å². The molecule has 2 rings (SSSR count). The molecular weight excluding hydrogens is 342 g/mol. The number of hydrazone groups is 1. The molecule has 0 saturated heterocycles. The van der Waals surface area contributed by atoms with E-state index in [4.69, 9.17) is 4.74 Å². The van der Waals surface area contributed by atoms with Crippen molar-refractivity contribution in [2.45, 2.75) is 4.90 Å². The van der Waals surface area contributed by atoms with E-state index < -0.39 is 15.9 Å². The summed E-state index contributed by atoms with van der Waals surface area (Å²) in [5.41, 5.74) is 3.05. The van der Waals surface area contributed by atoms with Crippen LogP contribution in [0.5, 0.6) is 5.75 Å². The Kier molecular flexibility index (Phi) is 6.26. The molecule has 0 atom stereocenters. The van der Waals surface area contributed by atoms with E-state index in [2.05, 4.69) is 10.5 Å². The van der Waals surface area contributed by atoms with Gasteiger partial charge >= 0.3 is 0 Å². The molecule has 132 valence electrons. The van der Waals surface area contributed by atoms with Crippen molar-refractivity contribution in [3.8, 4) is 5.75 Å². The predicted molar refractivity (Wildman–Crippen MR) is 95.0 cm³/mol. The van der Waals surface area contributed by atoms with Gasteiger partial charge in [-0.2, -0.15) is 9.41 Å². The van der Waals surface area contributed by atoms with Gasteiger partial charge in [-0.05, 0) is 29.8 Å². The van der Waals surface area contributed by atoms with Gasteiger partial charge in [0.05, 0.1) is 24.8 Å². The molecule has 0 unspecified atom stereocenters. The molecule has 0 aliphatic rings. The molecule has 0 aromatic heterocycles. The van der Waals surface area contributed by atoms with Crippen LogP contribution < -0.4 is 10.2 Å². The lowest BCUT2D eigenvalue weighted by molar-refractivity contribution is -0.121. The van der Waals surface area contributed by atoms with Gasteiger partial charge in [0.15, 0.2) is 0 Å². The molecule has 25 heavy (non-hydrogen) atoms. The van der Waals surface area contributed by atoms with E-state index >= 15 is 0 Å². The van der Waals surface area contributed by atoms with Crippen LogP contribution in [0.1, 0.15) is 5.56 Å². The van der Waals surface area contributed by atoms with Crippen LogP contribution in [-0.4, -0.2) is 45.5 Å². The summed E-state index contributed by atoms with van der Waals surface area (Å²) in [5, 5.41) is 3.82. The van der Waals surface area contributed by atoms with Gasteiger partial charge in [0.2, 0.25) is 10.0 Å². The maximum Gasteiger partial charge on any atom is 0.255 e. The second kappa shape index (κ2) is 8.41. The van der Waals surface area contributed by atoms with Gasteiger partial charge in [0.1, 0.15) is 5.75 Å². The monoisotopic (exact) mass is 361 g/mol. The Morgan fingerprint density at radius 1 is 1.20 bits per heavy atom. The number of amides is 1. The van der Waals surface area contributed by atoms with Gasteiger partial charge in [0, 0.05) is 7.05 Å². The summed E-state index contributed by atoms with van der Waals surface area (Å²) in [4.78, 5) is 12.0. The Bertz CT molecular complexity index is 851. The number of sulfonamides is 1. The maximum atomic E-state index is 12.3. The van der Waals surface area contributed by atoms with Gasteiger partial charge in [-0.1, -0.05) is 30.3 Å². The lowest BCUT2D eigenvalue weighted by atomic mass is 10.2. The quantitative estimate of drug-likeness (QED) is 0.597. The number of carbonyl (C=O) groups is 1. The van der Waals surface area contributed by atoms with Crippen molar-refractivity contribution < 1.29 is 17.9 Å². The summed E-state index contributed by atoms with van der Waals surface area (Å²) >= 11 is 0. The molecule has 7 nitrogen and oxygen atoms in total. The fourth-order valence-corrected chi connectivity index (χ4v) is 3.14. The third-order valence-electron chi connectivity index (χ3n) is 3.31. The zero-order chi connectivity index (χ0) is 18.3. The Morgan fingerprint density at radius 2 is 1.92 bits per heavy atom. The second-order valence-electron chi connectivity index (χ2n) is 5.14. The van der Waals surface area contributed by atoms with E-state index in [9.17, 15) is 13.2 Å². The Morgan fingerprint density at radius 3 is 2.60 bits per heavy atom. The van der Waals surface area contributed by atoms with Crippen molar-refractivity contribution in [1.29, 1.82) is 0 Å². The fourth-order valence-electron chi connectivity index (χ4n) is 2.00. The number of benzene rings is 2. The first-order valence-corrected chi connectivity index (χ1v) is 8.85. The van der Waals surface area contributed by atoms with Gasteiger partial charge in [-0.15, -0.1) is 0 Å². The Hall–Kier alpha value is -2.71. The predicted octanol–water partition coefficient (Wildman–Crippen LogP) is 1.47. The number of hydrogen-bond donors (Lipinski definition) is 1. The first-order valence-electron chi connectivity index (χ1n) is 7.41. The van der Waals surface area contributed by atoms with Crippen LogP contribution in [0, 0.1) is 0 Å². The highest BCUT2D eigenvalue weighted by Crippen LogP contribution is 2.13. The molecule has 0 aliphatic carbocycles. The molecule has 8 heteroatoms. The van der Waals surface area contributed by atoms with Crippen LogP contribution in [-0.2, 0) is 14.8 Å². The second-order valence-corrected chi connectivity index (χ2v) is 7.19. The molecule has 0 spiro atoms. The normalized spacial score (nSPS) is 11.6. The highest BCUT2D eigenvalue weighted by Gasteiger charge is 2.22. The van der Waals surface area contributed by atoms with Crippen LogP contribution in [0.3, 0.4) is 0 Å². The lowest BCUT2D eigenvalue weighted by Crippen LogP contribution is -2.36. The molecule has 0 heterocycles. The summed E-state index contributed by atoms with van der Waals surface area (Å²) in [6.07, 6.45) is 1.45. The highest BCUT2D eigenvalue weighted by atomic mass is 32.2. The van der Waals surface area contributed by atoms with Gasteiger partial charge < -0.3 is 4.74 Å². The molecule has 0 saturated carbocycles. The number of methoxy groups -OCH3 is 1. The number of rotatable bonds is 7. The van der Waals surface area contributed by atoms with Crippen molar-refractivity contribution in [1.82, 2.24) is 9.73 Å². The zero-order valence-corrected chi connectivity index (χ0v) is 14.7. The summed E-state index contributed by atoms with van der Waals surface area (Å²) < 4.78 is 30.7. The van der Waals surface area contributed by atoms with Crippen LogP contribution in [0.15, 0.2) is 64.6 Å². The number of ether oxygens (including phenoxy) is 1. The smallest absolute Gasteiger partial charge is 0.255 e. The summed E-state index contributed by atoms with van der Waals surface area (Å²) in [5.74, 6) is 0.130. The number of hydrogen-bond acceptors (Lipinski definition) is 5. The van der Waals surface area contributed by atoms with Crippen LogP contribution >= 0.6 is 0 Å². The van der Waals surface area contributed by atoms with Crippen LogP contribution in [0.2, 0.25) is 0 Å². The fraction of sp³-hybridized carbons (Fsp3) is 0.176. The van der Waals surface area contributed by atoms with Crippen LogP contribution in [0.4, 0.5) is 0 Å². The van der Waals surface area contributed by atoms with E-state index in [1.807, 2.05) is 0 Å². The van der Waals surface area contributed by atoms with Crippen molar-refractivity contribution in [3.05, 3.63) is 60.2 Å². The van der Waals surface area contributed by atoms with E-state index in [0.29, 0.717) is 5.75 Å². The van der Waals surface area contributed by atoms with Crippen molar-refractivity contribution >= 4 is 22.1 Å². The minimum Gasteiger partial charge on any atom is -0.497 e. The van der Waals surface area contributed by atoms with Gasteiger partial charge in [0.25, 0.3) is 5.91 Å².